The van der Waals surface area contributed by atoms with Crippen LogP contribution in [0.1, 0.15) is 18.5 Å². The van der Waals surface area contributed by atoms with Crippen molar-refractivity contribution in [3.8, 4) is 0 Å². The van der Waals surface area contributed by atoms with Crippen LogP contribution >= 0.6 is 0 Å². The molecule has 0 bridgehead atoms. The Morgan fingerprint density at radius 3 is 2.87 bits per heavy atom. The second kappa shape index (κ2) is 4.49. The quantitative estimate of drug-likeness (QED) is 0.679. The molecule has 0 amide bonds. The van der Waals surface area contributed by atoms with E-state index in [2.05, 4.69) is 15.6 Å². The van der Waals surface area contributed by atoms with E-state index in [0.717, 1.165) is 43.1 Å². The van der Waals surface area contributed by atoms with E-state index in [-0.39, 0.29) is 0 Å². The number of piperidine rings is 1. The van der Waals surface area contributed by atoms with E-state index in [1.165, 1.54) is 0 Å². The Balaban J connectivity index is 2.05. The summed E-state index contributed by atoms with van der Waals surface area (Å²) >= 11 is 0. The number of hydrogen-bond acceptors (Lipinski definition) is 4. The van der Waals surface area contributed by atoms with E-state index < -0.39 is 0 Å². The molecule has 1 aliphatic heterocycles. The Morgan fingerprint density at radius 1 is 1.40 bits per heavy atom. The Hall–Kier alpha value is -1.29. The lowest BCUT2D eigenvalue weighted by atomic mass is 10.1. The zero-order valence-electron chi connectivity index (χ0n) is 9.09. The van der Waals surface area contributed by atoms with Crippen molar-refractivity contribution in [1.82, 2.24) is 10.3 Å². The van der Waals surface area contributed by atoms with Gasteiger partial charge >= 0.3 is 0 Å². The fraction of sp³-hybridized carbons (Fsp3) is 0.545. The number of anilines is 2. The molecule has 1 saturated heterocycles. The smallest absolute Gasteiger partial charge is 0.149 e. The van der Waals surface area contributed by atoms with Gasteiger partial charge < -0.3 is 16.4 Å². The first kappa shape index (κ1) is 10.2. The lowest BCUT2D eigenvalue weighted by Gasteiger charge is -2.24. The minimum absolute atomic E-state index is 0.503. The van der Waals surface area contributed by atoms with Crippen LogP contribution in [0, 0.1) is 6.92 Å². The van der Waals surface area contributed by atoms with Gasteiger partial charge in [-0.1, -0.05) is 0 Å². The molecule has 0 aliphatic carbocycles. The number of nitrogens with two attached hydrogens (primary N) is 1. The number of nitrogens with zero attached hydrogens (tertiary/aromatic N) is 1. The molecule has 1 fully saturated rings. The lowest BCUT2D eigenvalue weighted by molar-refractivity contribution is 0.478. The number of aryl methyl sites for hydroxylation is 1. The molecule has 1 aliphatic rings. The molecule has 1 aromatic heterocycles. The predicted octanol–water partition coefficient (Wildman–Crippen LogP) is 1.14. The maximum absolute atomic E-state index is 5.87. The standard InChI is InChI=1S/C11H18N4/c1-8-2-3-10(12)11(14-8)15-9-4-6-13-7-5-9/h2-3,9,13H,4-7,12H2,1H3,(H,14,15). The summed E-state index contributed by atoms with van der Waals surface area (Å²) in [5.41, 5.74) is 7.60. The minimum Gasteiger partial charge on any atom is -0.396 e. The van der Waals surface area contributed by atoms with Gasteiger partial charge in [-0.15, -0.1) is 0 Å². The number of nitrogen functional groups attached to an aromatic ring is 1. The summed E-state index contributed by atoms with van der Waals surface area (Å²) in [6.45, 7) is 4.12. The summed E-state index contributed by atoms with van der Waals surface area (Å²) in [5.74, 6) is 0.835. The zero-order chi connectivity index (χ0) is 10.7. The van der Waals surface area contributed by atoms with Gasteiger partial charge in [0.15, 0.2) is 0 Å². The largest absolute Gasteiger partial charge is 0.396 e. The van der Waals surface area contributed by atoms with Crippen molar-refractivity contribution in [1.29, 1.82) is 0 Å². The van der Waals surface area contributed by atoms with Gasteiger partial charge in [0.1, 0.15) is 5.82 Å². The van der Waals surface area contributed by atoms with Crippen molar-refractivity contribution >= 4 is 11.5 Å². The molecule has 2 rings (SSSR count). The first-order valence-electron chi connectivity index (χ1n) is 5.46. The molecule has 0 atom stereocenters. The highest BCUT2D eigenvalue weighted by Crippen LogP contribution is 2.18. The van der Waals surface area contributed by atoms with E-state index >= 15 is 0 Å². The molecule has 0 saturated carbocycles. The lowest BCUT2D eigenvalue weighted by Crippen LogP contribution is -2.35. The van der Waals surface area contributed by atoms with E-state index in [4.69, 9.17) is 5.73 Å². The zero-order valence-corrected chi connectivity index (χ0v) is 9.09. The van der Waals surface area contributed by atoms with Crippen molar-refractivity contribution in [2.45, 2.75) is 25.8 Å². The van der Waals surface area contributed by atoms with Crippen molar-refractivity contribution < 1.29 is 0 Å². The molecule has 0 unspecified atom stereocenters. The normalized spacial score (nSPS) is 17.7. The molecule has 0 spiro atoms. The Bertz CT molecular complexity index is 331. The van der Waals surface area contributed by atoms with Crippen LogP contribution in [0.4, 0.5) is 11.5 Å². The number of pyridine rings is 1. The highest BCUT2D eigenvalue weighted by molar-refractivity contribution is 5.61. The average molecular weight is 206 g/mol. The Kier molecular flexibility index (Phi) is 3.06. The van der Waals surface area contributed by atoms with Crippen LogP contribution < -0.4 is 16.4 Å². The van der Waals surface area contributed by atoms with Crippen LogP contribution in [0.15, 0.2) is 12.1 Å². The highest BCUT2D eigenvalue weighted by Gasteiger charge is 2.14. The topological polar surface area (TPSA) is 63.0 Å². The third-order valence-corrected chi connectivity index (χ3v) is 2.75. The van der Waals surface area contributed by atoms with Crippen LogP contribution in [-0.4, -0.2) is 24.1 Å². The van der Waals surface area contributed by atoms with Gasteiger partial charge in [-0.05, 0) is 45.0 Å². The number of nitrogens with one attached hydrogen (secondary N) is 2. The molecule has 2 heterocycles. The first-order chi connectivity index (χ1) is 7.25. The van der Waals surface area contributed by atoms with Crippen molar-refractivity contribution in [2.24, 2.45) is 0 Å². The highest BCUT2D eigenvalue weighted by atomic mass is 15.1. The maximum Gasteiger partial charge on any atom is 0.149 e. The SMILES string of the molecule is Cc1ccc(N)c(NC2CCNCC2)n1. The first-order valence-corrected chi connectivity index (χ1v) is 5.46. The number of rotatable bonds is 2. The fourth-order valence-electron chi connectivity index (χ4n) is 1.84. The molecule has 4 heteroatoms. The van der Waals surface area contributed by atoms with E-state index in [1.807, 2.05) is 19.1 Å². The predicted molar refractivity (Wildman–Crippen MR) is 62.9 cm³/mol. The molecule has 15 heavy (non-hydrogen) atoms. The van der Waals surface area contributed by atoms with Gasteiger partial charge in [-0.3, -0.25) is 0 Å². The fourth-order valence-corrected chi connectivity index (χ4v) is 1.84. The van der Waals surface area contributed by atoms with Gasteiger partial charge in [0.2, 0.25) is 0 Å². The van der Waals surface area contributed by atoms with E-state index in [1.54, 1.807) is 0 Å². The van der Waals surface area contributed by atoms with Crippen LogP contribution in [-0.2, 0) is 0 Å². The van der Waals surface area contributed by atoms with Crippen LogP contribution in [0.2, 0.25) is 0 Å². The van der Waals surface area contributed by atoms with E-state index in [9.17, 15) is 0 Å². The summed E-state index contributed by atoms with van der Waals surface area (Å²) in [6.07, 6.45) is 2.27. The van der Waals surface area contributed by atoms with Gasteiger partial charge in [0.05, 0.1) is 5.69 Å². The third kappa shape index (κ3) is 2.59. The van der Waals surface area contributed by atoms with Gasteiger partial charge in [0, 0.05) is 11.7 Å². The van der Waals surface area contributed by atoms with E-state index in [0.29, 0.717) is 6.04 Å². The summed E-state index contributed by atoms with van der Waals surface area (Å²) in [4.78, 5) is 4.41. The summed E-state index contributed by atoms with van der Waals surface area (Å²) in [5, 5.41) is 6.75. The van der Waals surface area contributed by atoms with Crippen LogP contribution in [0.5, 0.6) is 0 Å². The molecule has 0 radical (unpaired) electrons. The summed E-state index contributed by atoms with van der Waals surface area (Å²) in [6, 6.07) is 4.34. The molecule has 4 nitrogen and oxygen atoms in total. The van der Waals surface area contributed by atoms with Gasteiger partial charge in [-0.25, -0.2) is 4.98 Å². The maximum atomic E-state index is 5.87. The monoisotopic (exact) mass is 206 g/mol. The van der Waals surface area contributed by atoms with Gasteiger partial charge in [0.25, 0.3) is 0 Å². The molecular weight excluding hydrogens is 188 g/mol. The molecule has 0 aromatic carbocycles. The second-order valence-electron chi connectivity index (χ2n) is 4.06. The Labute approximate surface area is 90.3 Å². The summed E-state index contributed by atoms with van der Waals surface area (Å²) < 4.78 is 0. The molecule has 4 N–H and O–H groups in total. The molecule has 1 aromatic rings. The Morgan fingerprint density at radius 2 is 2.13 bits per heavy atom. The molecule has 82 valence electrons. The van der Waals surface area contributed by atoms with Crippen molar-refractivity contribution in [3.05, 3.63) is 17.8 Å². The number of hydrogen-bond donors (Lipinski definition) is 3. The van der Waals surface area contributed by atoms with Crippen LogP contribution in [0.25, 0.3) is 0 Å². The average Bonchev–Trinajstić information content (AvgIpc) is 2.25. The van der Waals surface area contributed by atoms with Crippen LogP contribution in [0.3, 0.4) is 0 Å². The van der Waals surface area contributed by atoms with Gasteiger partial charge in [-0.2, -0.15) is 0 Å². The second-order valence-corrected chi connectivity index (χ2v) is 4.06. The minimum atomic E-state index is 0.503. The number of aromatic nitrogens is 1. The van der Waals surface area contributed by atoms with Crippen molar-refractivity contribution in [2.75, 3.05) is 24.1 Å². The third-order valence-electron chi connectivity index (χ3n) is 2.75. The summed E-state index contributed by atoms with van der Waals surface area (Å²) in [7, 11) is 0. The van der Waals surface area contributed by atoms with Crippen molar-refractivity contribution in [3.63, 3.8) is 0 Å². The molecular formula is C11H18N4.